The third kappa shape index (κ3) is 8.95. The van der Waals surface area contributed by atoms with Gasteiger partial charge in [0.25, 0.3) is 0 Å². The lowest BCUT2D eigenvalue weighted by atomic mass is 9.64. The van der Waals surface area contributed by atoms with Crippen LogP contribution < -0.4 is 25.7 Å². The van der Waals surface area contributed by atoms with Crippen molar-refractivity contribution in [1.82, 2.24) is 4.98 Å². The first kappa shape index (κ1) is 61.4. The number of rotatable bonds is 10. The average molecular weight is 1370 g/mol. The van der Waals surface area contributed by atoms with E-state index in [1.165, 1.54) is 83.7 Å². The first-order chi connectivity index (χ1) is 52.5. The number of anilines is 6. The van der Waals surface area contributed by atoms with Gasteiger partial charge in [0.1, 0.15) is 0 Å². The van der Waals surface area contributed by atoms with Crippen LogP contribution in [0.5, 0.6) is 0 Å². The maximum atomic E-state index is 15.6. The Hall–Kier alpha value is -13.2. The number of fused-ring (bicyclic) bond motifs is 19. The summed E-state index contributed by atoms with van der Waals surface area (Å²) in [7, 11) is -3.19. The number of hydrogen-bond acceptors (Lipinski definition) is 4. The molecule has 16 aromatic carbocycles. The molecule has 0 N–H and O–H groups in total. The van der Waals surface area contributed by atoms with Gasteiger partial charge in [-0.1, -0.05) is 328 Å². The second-order valence-electron chi connectivity index (χ2n) is 28.2. The third-order valence-corrected chi connectivity index (χ3v) is 26.1. The normalized spacial score (nSPS) is 13.6. The molecule has 0 atom stereocenters. The highest BCUT2D eigenvalue weighted by atomic mass is 31.2. The molecule has 2 spiro atoms. The molecule has 496 valence electrons. The minimum atomic E-state index is -3.19. The van der Waals surface area contributed by atoms with E-state index in [1.807, 2.05) is 60.7 Å². The summed E-state index contributed by atoms with van der Waals surface area (Å²) >= 11 is 0. The van der Waals surface area contributed by atoms with E-state index in [0.29, 0.717) is 0 Å². The Morgan fingerprint density at radius 1 is 0.236 bits per heavy atom. The minimum Gasteiger partial charge on any atom is -0.310 e. The van der Waals surface area contributed by atoms with Crippen LogP contribution in [0.3, 0.4) is 0 Å². The lowest BCUT2D eigenvalue weighted by molar-refractivity contribution is 0.592. The monoisotopic (exact) mass is 1370 g/mol. The molecule has 21 rings (SSSR count). The second kappa shape index (κ2) is 24.2. The van der Waals surface area contributed by atoms with Crippen LogP contribution >= 0.6 is 7.14 Å². The number of nitrogens with zero attached hydrogens (tertiary/aromatic N) is 3. The Kier molecular flexibility index (Phi) is 14.0. The maximum absolute atomic E-state index is 15.6. The van der Waals surface area contributed by atoms with Gasteiger partial charge in [-0.2, -0.15) is 0 Å². The number of aromatic nitrogens is 1. The van der Waals surface area contributed by atoms with Crippen molar-refractivity contribution in [2.24, 2.45) is 0 Å². The van der Waals surface area contributed by atoms with Gasteiger partial charge < -0.3 is 14.4 Å². The fourth-order valence-corrected chi connectivity index (χ4v) is 21.2. The van der Waals surface area contributed by atoms with Gasteiger partial charge >= 0.3 is 0 Å². The van der Waals surface area contributed by atoms with E-state index in [-0.39, 0.29) is 0 Å². The van der Waals surface area contributed by atoms with E-state index >= 15 is 4.57 Å². The minimum absolute atomic E-state index is 0.533. The summed E-state index contributed by atoms with van der Waals surface area (Å²) in [5, 5.41) is 3.53. The molecule has 17 aromatic rings. The molecule has 0 saturated carbocycles. The van der Waals surface area contributed by atoms with Crippen molar-refractivity contribution in [2.75, 3.05) is 9.80 Å². The number of pyridine rings is 1. The molecule has 0 unspecified atom stereocenters. The summed E-state index contributed by atoms with van der Waals surface area (Å²) in [5.41, 5.74) is 32.5. The zero-order valence-corrected chi connectivity index (χ0v) is 58.7. The fourth-order valence-electron chi connectivity index (χ4n) is 18.5. The van der Waals surface area contributed by atoms with Gasteiger partial charge in [0.2, 0.25) is 0 Å². The van der Waals surface area contributed by atoms with E-state index in [0.717, 1.165) is 99.8 Å². The molecule has 0 saturated heterocycles. The van der Waals surface area contributed by atoms with Gasteiger partial charge in [-0.05, 0) is 179 Å². The number of benzene rings is 16. The van der Waals surface area contributed by atoms with Crippen molar-refractivity contribution in [3.8, 4) is 78.0 Å². The fraction of sp³-hybridized carbons (Fsp3) is 0.0198. The summed E-state index contributed by atoms with van der Waals surface area (Å²) in [4.78, 5) is 10.5. The molecule has 106 heavy (non-hydrogen) atoms. The van der Waals surface area contributed by atoms with Crippen LogP contribution in [-0.4, -0.2) is 4.98 Å². The predicted octanol–water partition coefficient (Wildman–Crippen LogP) is 24.5. The van der Waals surface area contributed by atoms with Gasteiger partial charge in [-0.3, -0.25) is 0 Å². The topological polar surface area (TPSA) is 36.4 Å². The Labute approximate surface area is 617 Å². The zero-order valence-electron chi connectivity index (χ0n) is 57.8. The van der Waals surface area contributed by atoms with Crippen molar-refractivity contribution in [3.05, 3.63) is 445 Å². The standard InChI is InChI=1S/C101H66N3OP/c105-106(75-33-9-3-10-34-75,76-35-11-4-12-36-76)77-58-53-67(54-59-77)79-39-26-46-92-98(79)83-38-14-16-41-86(83)101(92)90-44-19-23-49-96(90)104(97-50-24-20-45-91(97)101)74-56-51-68(52-57-74)80-61-60-78(82-62-64-93(102-99(80)82)69-27-5-1-6-28-69)72-30-25-29-70(65-72)71-55-63-87-84(66-71)81-37-13-15-40-85(81)100(87)88-42-17-21-47-94(88)103(73-31-7-2-8-32-73)95-48-22-18-43-89(95)100/h1-66H. The van der Waals surface area contributed by atoms with Crippen LogP contribution in [-0.2, 0) is 15.4 Å². The van der Waals surface area contributed by atoms with Gasteiger partial charge in [-0.25, -0.2) is 4.98 Å². The summed E-state index contributed by atoms with van der Waals surface area (Å²) in [6.45, 7) is 0. The molecule has 2 aliphatic heterocycles. The molecule has 0 fully saturated rings. The van der Waals surface area contributed by atoms with Gasteiger partial charge in [0.15, 0.2) is 7.14 Å². The molecular formula is C101H66N3OP. The molecule has 0 radical (unpaired) electrons. The van der Waals surface area contributed by atoms with Crippen molar-refractivity contribution in [2.45, 2.75) is 10.8 Å². The first-order valence-electron chi connectivity index (χ1n) is 36.5. The third-order valence-electron chi connectivity index (χ3n) is 23.0. The molecule has 4 nitrogen and oxygen atoms in total. The van der Waals surface area contributed by atoms with Crippen molar-refractivity contribution >= 4 is 68.1 Å². The van der Waals surface area contributed by atoms with Gasteiger partial charge in [-0.15, -0.1) is 0 Å². The second-order valence-corrected chi connectivity index (χ2v) is 31.0. The summed E-state index contributed by atoms with van der Waals surface area (Å²) in [5.74, 6) is 0. The molecule has 4 aliphatic rings. The van der Waals surface area contributed by atoms with Crippen molar-refractivity contribution in [1.29, 1.82) is 0 Å². The highest BCUT2D eigenvalue weighted by Gasteiger charge is 2.54. The van der Waals surface area contributed by atoms with Crippen LogP contribution in [0.2, 0.25) is 0 Å². The van der Waals surface area contributed by atoms with E-state index in [2.05, 4.69) is 350 Å². The first-order valence-corrected chi connectivity index (χ1v) is 38.2. The Morgan fingerprint density at radius 2 is 0.632 bits per heavy atom. The Balaban J connectivity index is 0.650. The maximum Gasteiger partial charge on any atom is 0.171 e. The Morgan fingerprint density at radius 3 is 1.24 bits per heavy atom. The highest BCUT2D eigenvalue weighted by molar-refractivity contribution is 7.85. The average Bonchev–Trinajstić information content (AvgIpc) is 1.48. The van der Waals surface area contributed by atoms with Crippen molar-refractivity contribution < 1.29 is 4.57 Å². The molecular weight excluding hydrogens is 1300 g/mol. The SMILES string of the molecule is O=P(c1ccccc1)(c1ccccc1)c1ccc(-c2cccc3c2-c2ccccc2C32c3ccccc3N(c3ccc(-c4ccc(-c5cccc(-c6ccc7c(c6)-c6ccccc6C76c7ccccc7N(c7ccccc7)c7ccccc76)c5)c5ccc(-c6ccccc6)nc45)cc3)c3ccccc32)cc1. The quantitative estimate of drug-likeness (QED) is 0.128. The molecule has 0 bridgehead atoms. The van der Waals surface area contributed by atoms with Crippen LogP contribution in [0.4, 0.5) is 34.1 Å². The van der Waals surface area contributed by atoms with E-state index in [1.54, 1.807) is 0 Å². The van der Waals surface area contributed by atoms with Crippen molar-refractivity contribution in [3.63, 3.8) is 0 Å². The van der Waals surface area contributed by atoms with Crippen LogP contribution in [0.15, 0.2) is 400 Å². The lowest BCUT2D eigenvalue weighted by Crippen LogP contribution is -2.36. The molecule has 0 amide bonds. The van der Waals surface area contributed by atoms with E-state index in [9.17, 15) is 0 Å². The molecule has 3 heterocycles. The summed E-state index contributed by atoms with van der Waals surface area (Å²) in [6, 6.07) is 145. The largest absolute Gasteiger partial charge is 0.310 e. The van der Waals surface area contributed by atoms with Gasteiger partial charge in [0, 0.05) is 43.8 Å². The lowest BCUT2D eigenvalue weighted by Gasteiger charge is -2.45. The molecule has 1 aromatic heterocycles. The van der Waals surface area contributed by atoms with E-state index < -0.39 is 18.0 Å². The zero-order chi connectivity index (χ0) is 70.1. The number of para-hydroxylation sites is 5. The summed E-state index contributed by atoms with van der Waals surface area (Å²) < 4.78 is 15.6. The van der Waals surface area contributed by atoms with Gasteiger partial charge in [0.05, 0.1) is 44.8 Å². The smallest absolute Gasteiger partial charge is 0.171 e. The summed E-state index contributed by atoms with van der Waals surface area (Å²) in [6.07, 6.45) is 0. The predicted molar refractivity (Wildman–Crippen MR) is 439 cm³/mol. The molecule has 5 heteroatoms. The van der Waals surface area contributed by atoms with Crippen LogP contribution in [0, 0.1) is 0 Å². The van der Waals surface area contributed by atoms with Crippen LogP contribution in [0.25, 0.3) is 88.9 Å². The Bertz CT molecular complexity index is 6290. The highest BCUT2D eigenvalue weighted by Crippen LogP contribution is 2.66. The van der Waals surface area contributed by atoms with Crippen LogP contribution in [0.1, 0.15) is 44.5 Å². The van der Waals surface area contributed by atoms with E-state index in [4.69, 9.17) is 4.98 Å². The molecule has 2 aliphatic carbocycles. The number of hydrogen-bond donors (Lipinski definition) is 0.